The molecule has 0 spiro atoms. The lowest BCUT2D eigenvalue weighted by Crippen LogP contribution is -2.33. The minimum atomic E-state index is 0.0484. The molecule has 1 saturated heterocycles. The van der Waals surface area contributed by atoms with E-state index in [-0.39, 0.29) is 5.91 Å². The van der Waals surface area contributed by atoms with Crippen molar-refractivity contribution in [3.63, 3.8) is 0 Å². The van der Waals surface area contributed by atoms with Gasteiger partial charge >= 0.3 is 0 Å². The van der Waals surface area contributed by atoms with Gasteiger partial charge in [0, 0.05) is 18.8 Å². The average molecular weight is 278 g/mol. The molecule has 112 valence electrons. The molecule has 1 fully saturated rings. The molecular weight excluding hydrogens is 252 g/mol. The van der Waals surface area contributed by atoms with Crippen LogP contribution in [0.15, 0.2) is 18.3 Å². The van der Waals surface area contributed by atoms with Gasteiger partial charge in [-0.05, 0) is 65.1 Å². The van der Waals surface area contributed by atoms with Gasteiger partial charge in [0.2, 0.25) is 0 Å². The normalized spacial score (nSPS) is 16.6. The monoisotopic (exact) mass is 278 g/mol. The van der Waals surface area contributed by atoms with E-state index in [0.29, 0.717) is 6.04 Å². The molecule has 1 aliphatic heterocycles. The molecule has 0 radical (unpaired) electrons. The second-order valence-corrected chi connectivity index (χ2v) is 5.69. The SMILES string of the molecule is CN(C)CCCNC(=O)c1cccn1C1CCNCC1. The number of carbonyl (C=O) groups excluding carboxylic acids is 1. The van der Waals surface area contributed by atoms with Crippen molar-refractivity contribution in [2.45, 2.75) is 25.3 Å². The fourth-order valence-corrected chi connectivity index (χ4v) is 2.68. The van der Waals surface area contributed by atoms with Gasteiger partial charge in [0.25, 0.3) is 5.91 Å². The molecule has 2 rings (SSSR count). The van der Waals surface area contributed by atoms with Crippen LogP contribution in [0.4, 0.5) is 0 Å². The summed E-state index contributed by atoms with van der Waals surface area (Å²) in [5.74, 6) is 0.0484. The Kier molecular flexibility index (Phi) is 5.61. The molecule has 0 aliphatic carbocycles. The minimum Gasteiger partial charge on any atom is -0.351 e. The molecule has 0 bridgehead atoms. The number of carbonyl (C=O) groups is 1. The average Bonchev–Trinajstić information content (AvgIpc) is 2.93. The van der Waals surface area contributed by atoms with E-state index in [1.807, 2.05) is 32.4 Å². The molecule has 5 nitrogen and oxygen atoms in total. The quantitative estimate of drug-likeness (QED) is 0.766. The van der Waals surface area contributed by atoms with Crippen LogP contribution in [0.25, 0.3) is 0 Å². The zero-order valence-electron chi connectivity index (χ0n) is 12.6. The third kappa shape index (κ3) is 4.08. The molecule has 0 unspecified atom stereocenters. The number of piperidine rings is 1. The highest BCUT2D eigenvalue weighted by Gasteiger charge is 2.19. The highest BCUT2D eigenvalue weighted by atomic mass is 16.1. The summed E-state index contributed by atoms with van der Waals surface area (Å²) in [5, 5.41) is 6.38. The Morgan fingerprint density at radius 3 is 2.90 bits per heavy atom. The van der Waals surface area contributed by atoms with Crippen LogP contribution < -0.4 is 10.6 Å². The first-order valence-corrected chi connectivity index (χ1v) is 7.49. The number of amides is 1. The summed E-state index contributed by atoms with van der Waals surface area (Å²) in [6, 6.07) is 4.34. The van der Waals surface area contributed by atoms with Crippen molar-refractivity contribution in [2.24, 2.45) is 0 Å². The lowest BCUT2D eigenvalue weighted by molar-refractivity contribution is 0.0939. The van der Waals surface area contributed by atoms with Gasteiger partial charge in [0.15, 0.2) is 0 Å². The summed E-state index contributed by atoms with van der Waals surface area (Å²) >= 11 is 0. The molecule has 2 N–H and O–H groups in total. The van der Waals surface area contributed by atoms with E-state index in [1.54, 1.807) is 0 Å². The van der Waals surface area contributed by atoms with Crippen molar-refractivity contribution in [1.29, 1.82) is 0 Å². The van der Waals surface area contributed by atoms with Crippen molar-refractivity contribution >= 4 is 5.91 Å². The van der Waals surface area contributed by atoms with Crippen molar-refractivity contribution < 1.29 is 4.79 Å². The van der Waals surface area contributed by atoms with Gasteiger partial charge in [0.05, 0.1) is 0 Å². The molecule has 0 aromatic carbocycles. The van der Waals surface area contributed by atoms with E-state index < -0.39 is 0 Å². The largest absolute Gasteiger partial charge is 0.351 e. The van der Waals surface area contributed by atoms with Crippen LogP contribution in [0, 0.1) is 0 Å². The highest BCUT2D eigenvalue weighted by molar-refractivity contribution is 5.92. The summed E-state index contributed by atoms with van der Waals surface area (Å²) in [4.78, 5) is 14.4. The first kappa shape index (κ1) is 15.1. The minimum absolute atomic E-state index is 0.0484. The summed E-state index contributed by atoms with van der Waals surface area (Å²) in [7, 11) is 4.09. The fourth-order valence-electron chi connectivity index (χ4n) is 2.68. The van der Waals surface area contributed by atoms with Gasteiger partial charge in [-0.2, -0.15) is 0 Å². The van der Waals surface area contributed by atoms with Crippen molar-refractivity contribution in [3.8, 4) is 0 Å². The van der Waals surface area contributed by atoms with Gasteiger partial charge in [-0.3, -0.25) is 4.79 Å². The number of hydrogen-bond donors (Lipinski definition) is 2. The Hall–Kier alpha value is -1.33. The third-order valence-corrected chi connectivity index (χ3v) is 3.78. The van der Waals surface area contributed by atoms with E-state index in [9.17, 15) is 4.79 Å². The molecule has 0 saturated carbocycles. The van der Waals surface area contributed by atoms with Crippen molar-refractivity contribution in [2.75, 3.05) is 40.3 Å². The smallest absolute Gasteiger partial charge is 0.267 e. The van der Waals surface area contributed by atoms with Crippen LogP contribution in [-0.2, 0) is 0 Å². The number of nitrogens with one attached hydrogen (secondary N) is 2. The molecule has 20 heavy (non-hydrogen) atoms. The second kappa shape index (κ2) is 7.45. The summed E-state index contributed by atoms with van der Waals surface area (Å²) < 4.78 is 2.14. The zero-order valence-corrected chi connectivity index (χ0v) is 12.6. The summed E-state index contributed by atoms with van der Waals surface area (Å²) in [6.07, 6.45) is 5.20. The Morgan fingerprint density at radius 1 is 1.45 bits per heavy atom. The Labute approximate surface area is 121 Å². The zero-order chi connectivity index (χ0) is 14.4. The van der Waals surface area contributed by atoms with Crippen LogP contribution >= 0.6 is 0 Å². The predicted octanol–water partition coefficient (Wildman–Crippen LogP) is 1.09. The van der Waals surface area contributed by atoms with Gasteiger partial charge < -0.3 is 20.1 Å². The van der Waals surface area contributed by atoms with E-state index in [2.05, 4.69) is 20.1 Å². The molecule has 2 heterocycles. The van der Waals surface area contributed by atoms with E-state index in [4.69, 9.17) is 0 Å². The van der Waals surface area contributed by atoms with E-state index in [1.165, 1.54) is 0 Å². The van der Waals surface area contributed by atoms with Crippen molar-refractivity contribution in [3.05, 3.63) is 24.0 Å². The lowest BCUT2D eigenvalue weighted by Gasteiger charge is -2.26. The van der Waals surface area contributed by atoms with Crippen LogP contribution in [-0.4, -0.2) is 55.6 Å². The Balaban J connectivity index is 1.88. The Morgan fingerprint density at radius 2 is 2.20 bits per heavy atom. The molecule has 1 aromatic heterocycles. The summed E-state index contributed by atoms with van der Waals surface area (Å²) in [5.41, 5.74) is 0.793. The number of hydrogen-bond acceptors (Lipinski definition) is 3. The van der Waals surface area contributed by atoms with Gasteiger partial charge in [-0.1, -0.05) is 0 Å². The van der Waals surface area contributed by atoms with Gasteiger partial charge in [0.1, 0.15) is 5.69 Å². The maximum absolute atomic E-state index is 12.3. The van der Waals surface area contributed by atoms with Crippen LogP contribution in [0.1, 0.15) is 35.8 Å². The Bertz CT molecular complexity index is 421. The molecule has 5 heteroatoms. The van der Waals surface area contributed by atoms with Crippen molar-refractivity contribution in [1.82, 2.24) is 20.1 Å². The maximum Gasteiger partial charge on any atom is 0.267 e. The molecule has 1 aliphatic rings. The van der Waals surface area contributed by atoms with E-state index >= 15 is 0 Å². The van der Waals surface area contributed by atoms with Gasteiger partial charge in [-0.25, -0.2) is 0 Å². The topological polar surface area (TPSA) is 49.3 Å². The molecule has 1 aromatic rings. The maximum atomic E-state index is 12.3. The van der Waals surface area contributed by atoms with Crippen LogP contribution in [0.3, 0.4) is 0 Å². The number of aromatic nitrogens is 1. The molecule has 0 atom stereocenters. The first-order valence-electron chi connectivity index (χ1n) is 7.49. The van der Waals surface area contributed by atoms with Crippen LogP contribution in [0.2, 0.25) is 0 Å². The standard InChI is InChI=1S/C15H26N4O/c1-18(2)11-4-8-17-15(20)14-5-3-12-19(14)13-6-9-16-10-7-13/h3,5,12-13,16H,4,6-11H2,1-2H3,(H,17,20). The summed E-state index contributed by atoms with van der Waals surface area (Å²) in [6.45, 7) is 3.80. The van der Waals surface area contributed by atoms with Crippen LogP contribution in [0.5, 0.6) is 0 Å². The second-order valence-electron chi connectivity index (χ2n) is 5.69. The first-order chi connectivity index (χ1) is 9.68. The highest BCUT2D eigenvalue weighted by Crippen LogP contribution is 2.21. The third-order valence-electron chi connectivity index (χ3n) is 3.78. The molecular formula is C15H26N4O. The number of rotatable bonds is 6. The lowest BCUT2D eigenvalue weighted by atomic mass is 10.1. The van der Waals surface area contributed by atoms with Gasteiger partial charge in [-0.15, -0.1) is 0 Å². The molecule has 1 amide bonds. The van der Waals surface area contributed by atoms with E-state index in [0.717, 1.165) is 51.1 Å². The predicted molar refractivity (Wildman–Crippen MR) is 81.1 cm³/mol. The number of nitrogens with zero attached hydrogens (tertiary/aromatic N) is 2. The fraction of sp³-hybridized carbons (Fsp3) is 0.667.